The minimum absolute atomic E-state index is 0.0357. The molecule has 0 bridgehead atoms. The monoisotopic (exact) mass is 517 g/mol. The number of esters is 1. The van der Waals surface area contributed by atoms with Crippen LogP contribution in [0.5, 0.6) is 0 Å². The molecule has 0 spiro atoms. The van der Waals surface area contributed by atoms with Gasteiger partial charge >= 0.3 is 12.1 Å². The van der Waals surface area contributed by atoms with Crippen molar-refractivity contribution in [1.29, 1.82) is 0 Å². The van der Waals surface area contributed by atoms with Crippen molar-refractivity contribution in [2.45, 2.75) is 31.7 Å². The number of ether oxygens (including phenoxy) is 2. The van der Waals surface area contributed by atoms with Gasteiger partial charge in [-0.05, 0) is 54.1 Å². The minimum atomic E-state index is -1.01. The third-order valence-electron chi connectivity index (χ3n) is 5.81. The number of aromatic nitrogens is 1. The van der Waals surface area contributed by atoms with Crippen LogP contribution in [0.25, 0.3) is 10.8 Å². The molecule has 8 nitrogen and oxygen atoms in total. The van der Waals surface area contributed by atoms with E-state index in [1.54, 1.807) is 6.07 Å². The van der Waals surface area contributed by atoms with Crippen LogP contribution in [0.15, 0.2) is 48.7 Å². The average molecular weight is 518 g/mol. The number of rotatable bonds is 10. The summed E-state index contributed by atoms with van der Waals surface area (Å²) < 4.78 is 50.7. The molecule has 0 aliphatic carbocycles. The molecule has 196 valence electrons. The van der Waals surface area contributed by atoms with Crippen molar-refractivity contribution in [3.05, 3.63) is 71.7 Å². The van der Waals surface area contributed by atoms with E-state index in [0.29, 0.717) is 10.8 Å². The Balaban J connectivity index is 1.61. The summed E-state index contributed by atoms with van der Waals surface area (Å²) in [6.45, 7) is -0.262. The number of anilines is 1. The van der Waals surface area contributed by atoms with Crippen molar-refractivity contribution in [3.63, 3.8) is 0 Å². The summed E-state index contributed by atoms with van der Waals surface area (Å²) in [5.41, 5.74) is 0.0613. The van der Waals surface area contributed by atoms with Gasteiger partial charge in [0.15, 0.2) is 11.6 Å². The lowest BCUT2D eigenvalue weighted by molar-refractivity contribution is -0.142. The number of methoxy groups -OCH3 is 1. The smallest absolute Gasteiger partial charge is 0.412 e. The maximum atomic E-state index is 13.9. The number of nitrogens with one attached hydrogen (secondary N) is 1. The fourth-order valence-corrected chi connectivity index (χ4v) is 3.63. The van der Waals surface area contributed by atoms with Crippen molar-refractivity contribution < 1.29 is 37.0 Å². The topological polar surface area (TPSA) is 97.8 Å². The van der Waals surface area contributed by atoms with E-state index < -0.39 is 41.5 Å². The molecule has 0 radical (unpaired) electrons. The molecule has 11 heteroatoms. The summed E-state index contributed by atoms with van der Waals surface area (Å²) in [5.74, 6) is -3.24. The Labute approximate surface area is 211 Å². The largest absolute Gasteiger partial charge is 0.469 e. The number of amides is 2. The summed E-state index contributed by atoms with van der Waals surface area (Å²) in [6.07, 6.45) is 0.525. The molecule has 2 amide bonds. The number of carbonyl (C=O) groups excluding carboxylic acids is 3. The second-order valence-electron chi connectivity index (χ2n) is 8.27. The van der Waals surface area contributed by atoms with Crippen LogP contribution in [0, 0.1) is 17.5 Å². The van der Waals surface area contributed by atoms with E-state index in [4.69, 9.17) is 4.74 Å². The SMILES string of the molecule is COC(=O)CC[C@@H](COC(=O)Nc1cc2cc(F)ccc2cn1)N(C)C(=O)CCc1cccc(F)c1F. The van der Waals surface area contributed by atoms with E-state index >= 15 is 0 Å². The highest BCUT2D eigenvalue weighted by atomic mass is 19.2. The first-order chi connectivity index (χ1) is 17.7. The van der Waals surface area contributed by atoms with E-state index in [1.807, 2.05) is 0 Å². The van der Waals surface area contributed by atoms with E-state index in [0.717, 1.165) is 6.07 Å². The van der Waals surface area contributed by atoms with Gasteiger partial charge in [-0.2, -0.15) is 0 Å². The van der Waals surface area contributed by atoms with Crippen LogP contribution in [0.1, 0.15) is 24.8 Å². The van der Waals surface area contributed by atoms with Crippen molar-refractivity contribution in [2.75, 3.05) is 26.1 Å². The predicted molar refractivity (Wildman–Crippen MR) is 129 cm³/mol. The van der Waals surface area contributed by atoms with E-state index in [1.165, 1.54) is 55.6 Å². The number of hydrogen-bond donors (Lipinski definition) is 1. The van der Waals surface area contributed by atoms with E-state index in [-0.39, 0.29) is 43.7 Å². The second kappa shape index (κ2) is 12.7. The molecule has 37 heavy (non-hydrogen) atoms. The number of nitrogens with zero attached hydrogens (tertiary/aromatic N) is 2. The molecular formula is C26H26F3N3O5. The van der Waals surface area contributed by atoms with E-state index in [2.05, 4.69) is 15.0 Å². The van der Waals surface area contributed by atoms with Crippen LogP contribution in [0.4, 0.5) is 23.8 Å². The standard InChI is InChI=1S/C26H26F3N3O5/c1-32(23(33)10-7-16-4-3-5-21(28)25(16)29)20(9-11-24(34)36-2)15-37-26(35)31-22-13-18-12-19(27)8-6-17(18)14-30-22/h3-6,8,12-14,20H,7,9-11,15H2,1-2H3,(H,30,31,35)/t20-/m0/s1. The maximum Gasteiger partial charge on any atom is 0.412 e. The zero-order valence-corrected chi connectivity index (χ0v) is 20.3. The maximum absolute atomic E-state index is 13.9. The Morgan fingerprint density at radius 2 is 1.84 bits per heavy atom. The Hall–Kier alpha value is -4.15. The van der Waals surface area contributed by atoms with E-state index in [9.17, 15) is 27.6 Å². The number of pyridine rings is 1. The molecule has 0 aliphatic rings. The zero-order valence-electron chi connectivity index (χ0n) is 20.3. The Morgan fingerprint density at radius 3 is 2.59 bits per heavy atom. The molecule has 1 N–H and O–H groups in total. The number of benzene rings is 2. The van der Waals surface area contributed by atoms with Gasteiger partial charge in [0.2, 0.25) is 5.91 Å². The van der Waals surface area contributed by atoms with Gasteiger partial charge in [0.25, 0.3) is 0 Å². The molecule has 1 atom stereocenters. The third-order valence-corrected chi connectivity index (χ3v) is 5.81. The summed E-state index contributed by atoms with van der Waals surface area (Å²) in [6, 6.07) is 8.67. The van der Waals surface area contributed by atoms with Crippen LogP contribution in [0.3, 0.4) is 0 Å². The lowest BCUT2D eigenvalue weighted by atomic mass is 10.1. The number of carbonyl (C=O) groups is 3. The fourth-order valence-electron chi connectivity index (χ4n) is 3.63. The van der Waals surface area contributed by atoms with Gasteiger partial charge in [0.1, 0.15) is 18.2 Å². The molecule has 0 aliphatic heterocycles. The summed E-state index contributed by atoms with van der Waals surface area (Å²) in [4.78, 5) is 42.1. The molecule has 0 fully saturated rings. The van der Waals surface area contributed by atoms with Crippen molar-refractivity contribution >= 4 is 34.6 Å². The quantitative estimate of drug-likeness (QED) is 0.395. The first kappa shape index (κ1) is 27.4. The first-order valence-electron chi connectivity index (χ1n) is 11.4. The Bertz CT molecular complexity index is 1290. The van der Waals surface area contributed by atoms with Gasteiger partial charge in [-0.25, -0.2) is 22.9 Å². The van der Waals surface area contributed by atoms with Gasteiger partial charge in [-0.15, -0.1) is 0 Å². The second-order valence-corrected chi connectivity index (χ2v) is 8.27. The van der Waals surface area contributed by atoms with Crippen LogP contribution < -0.4 is 5.32 Å². The number of hydrogen-bond acceptors (Lipinski definition) is 6. The Kier molecular flexibility index (Phi) is 9.42. The highest BCUT2D eigenvalue weighted by molar-refractivity contribution is 5.89. The molecule has 0 saturated carbocycles. The molecule has 3 aromatic rings. The van der Waals surface area contributed by atoms with Crippen LogP contribution in [-0.4, -0.2) is 54.7 Å². The number of likely N-dealkylation sites (N-methyl/N-ethyl adjacent to an activating group) is 1. The van der Waals surface area contributed by atoms with Gasteiger partial charge < -0.3 is 14.4 Å². The Morgan fingerprint density at radius 1 is 1.05 bits per heavy atom. The summed E-state index contributed by atoms with van der Waals surface area (Å²) in [7, 11) is 2.69. The predicted octanol–water partition coefficient (Wildman–Crippen LogP) is 4.61. The molecule has 0 saturated heterocycles. The molecule has 1 aromatic heterocycles. The highest BCUT2D eigenvalue weighted by Crippen LogP contribution is 2.19. The van der Waals surface area contributed by atoms with Gasteiger partial charge in [0.05, 0.1) is 13.2 Å². The van der Waals surface area contributed by atoms with Crippen molar-refractivity contribution in [3.8, 4) is 0 Å². The first-order valence-corrected chi connectivity index (χ1v) is 11.4. The lowest BCUT2D eigenvalue weighted by Gasteiger charge is -2.28. The normalized spacial score (nSPS) is 11.6. The van der Waals surface area contributed by atoms with Crippen LogP contribution >= 0.6 is 0 Å². The number of aryl methyl sites for hydroxylation is 1. The van der Waals surface area contributed by atoms with Gasteiger partial charge in [0, 0.05) is 31.5 Å². The molecular weight excluding hydrogens is 491 g/mol. The van der Waals surface area contributed by atoms with Gasteiger partial charge in [-0.3, -0.25) is 14.9 Å². The van der Waals surface area contributed by atoms with Crippen LogP contribution in [-0.2, 0) is 25.5 Å². The molecule has 3 rings (SSSR count). The average Bonchev–Trinajstić information content (AvgIpc) is 2.88. The minimum Gasteiger partial charge on any atom is -0.469 e. The summed E-state index contributed by atoms with van der Waals surface area (Å²) >= 11 is 0. The highest BCUT2D eigenvalue weighted by Gasteiger charge is 2.23. The van der Waals surface area contributed by atoms with Crippen molar-refractivity contribution in [1.82, 2.24) is 9.88 Å². The fraction of sp³-hybridized carbons (Fsp3) is 0.308. The summed E-state index contributed by atoms with van der Waals surface area (Å²) in [5, 5.41) is 3.66. The molecule has 1 heterocycles. The lowest BCUT2D eigenvalue weighted by Crippen LogP contribution is -2.41. The van der Waals surface area contributed by atoms with Crippen molar-refractivity contribution in [2.24, 2.45) is 0 Å². The van der Waals surface area contributed by atoms with Gasteiger partial charge in [-0.1, -0.05) is 12.1 Å². The van der Waals surface area contributed by atoms with Crippen LogP contribution in [0.2, 0.25) is 0 Å². The zero-order chi connectivity index (χ0) is 26.9. The number of halogens is 3. The third kappa shape index (κ3) is 7.66. The molecule has 0 unspecified atom stereocenters. The molecule has 2 aromatic carbocycles. The number of fused-ring (bicyclic) bond motifs is 1.